The van der Waals surface area contributed by atoms with Crippen LogP contribution in [0.4, 0.5) is 0 Å². The lowest BCUT2D eigenvalue weighted by atomic mass is 9.85. The van der Waals surface area contributed by atoms with E-state index < -0.39 is 6.04 Å². The maximum atomic E-state index is 11.7. The van der Waals surface area contributed by atoms with E-state index in [-0.39, 0.29) is 10.8 Å². The summed E-state index contributed by atoms with van der Waals surface area (Å²) in [6.07, 6.45) is 0. The van der Waals surface area contributed by atoms with Gasteiger partial charge in [-0.25, -0.2) is 0 Å². The predicted molar refractivity (Wildman–Crippen MR) is 100 cm³/mol. The molecule has 0 radical (unpaired) electrons. The maximum absolute atomic E-state index is 11.7. The van der Waals surface area contributed by atoms with Crippen LogP contribution in [0.15, 0.2) is 58.0 Å². The number of aryl methyl sites for hydroxylation is 1. The number of fused-ring (bicyclic) bond motifs is 3. The number of aromatic nitrogens is 1. The van der Waals surface area contributed by atoms with E-state index in [1.807, 2.05) is 43.4 Å². The molecule has 24 heavy (non-hydrogen) atoms. The first-order valence-corrected chi connectivity index (χ1v) is 9.45. The molecule has 1 aromatic heterocycles. The van der Waals surface area contributed by atoms with Gasteiger partial charge in [-0.1, -0.05) is 46.3 Å². The molecule has 2 aromatic carbocycles. The number of para-hydroxylation sites is 1. The average Bonchev–Trinajstić information content (AvgIpc) is 2.88. The standard InChI is InChI=1S/C18H15BrN2O2S/c1-20-14-5-3-2-4-13(14)17-16(11-6-8-12(19)9-7-11)15(21(22)23)10-24-18(17)20/h2-9,15-16H,10H2,1H3/t15-,16+/m0/s1. The zero-order valence-electron chi connectivity index (χ0n) is 13.0. The quantitative estimate of drug-likeness (QED) is 0.455. The number of rotatable bonds is 2. The van der Waals surface area contributed by atoms with Crippen molar-refractivity contribution >= 4 is 38.6 Å². The van der Waals surface area contributed by atoms with Crippen LogP contribution in [0, 0.1) is 10.1 Å². The molecule has 3 aromatic rings. The highest BCUT2D eigenvalue weighted by Crippen LogP contribution is 2.47. The Morgan fingerprint density at radius 1 is 1.21 bits per heavy atom. The molecule has 0 bridgehead atoms. The molecule has 0 unspecified atom stereocenters. The minimum absolute atomic E-state index is 0.121. The first-order chi connectivity index (χ1) is 11.6. The number of nitrogens with zero attached hydrogens (tertiary/aromatic N) is 2. The summed E-state index contributed by atoms with van der Waals surface area (Å²) in [7, 11) is 2.04. The van der Waals surface area contributed by atoms with Crippen molar-refractivity contribution in [2.24, 2.45) is 7.05 Å². The third-order valence-corrected chi connectivity index (χ3v) is 6.48. The molecular weight excluding hydrogens is 388 g/mol. The number of hydrogen-bond donors (Lipinski definition) is 0. The summed E-state index contributed by atoms with van der Waals surface area (Å²) < 4.78 is 3.14. The van der Waals surface area contributed by atoms with E-state index in [9.17, 15) is 10.1 Å². The van der Waals surface area contributed by atoms with Gasteiger partial charge in [0.1, 0.15) is 0 Å². The number of thioether (sulfide) groups is 1. The lowest BCUT2D eigenvalue weighted by Crippen LogP contribution is -2.33. The summed E-state index contributed by atoms with van der Waals surface area (Å²) >= 11 is 5.04. The fourth-order valence-electron chi connectivity index (χ4n) is 3.57. The molecule has 0 saturated carbocycles. The Labute approximate surface area is 152 Å². The Bertz CT molecular complexity index is 936. The molecule has 6 heteroatoms. The van der Waals surface area contributed by atoms with Crippen LogP contribution in [0.25, 0.3) is 10.9 Å². The highest BCUT2D eigenvalue weighted by atomic mass is 79.9. The first kappa shape index (κ1) is 15.7. The fourth-order valence-corrected chi connectivity index (χ4v) is 5.16. The zero-order chi connectivity index (χ0) is 16.8. The van der Waals surface area contributed by atoms with Crippen molar-refractivity contribution in [1.82, 2.24) is 4.57 Å². The SMILES string of the molecule is Cn1c2c(c3ccccc31)[C@H](c1ccc(Br)cc1)[C@@H]([N+](=O)[O-])CS2. The van der Waals surface area contributed by atoms with Gasteiger partial charge in [0.2, 0.25) is 6.04 Å². The first-order valence-electron chi connectivity index (χ1n) is 7.67. The molecule has 0 amide bonds. The highest BCUT2D eigenvalue weighted by molar-refractivity contribution is 9.10. The van der Waals surface area contributed by atoms with Gasteiger partial charge in [-0.05, 0) is 23.8 Å². The molecule has 4 nitrogen and oxygen atoms in total. The molecular formula is C18H15BrN2O2S. The molecule has 0 aliphatic carbocycles. The highest BCUT2D eigenvalue weighted by Gasteiger charge is 2.42. The Morgan fingerprint density at radius 3 is 2.62 bits per heavy atom. The molecule has 2 atom stereocenters. The molecule has 0 fully saturated rings. The second-order valence-corrected chi connectivity index (χ2v) is 7.91. The van der Waals surface area contributed by atoms with E-state index in [1.165, 1.54) is 0 Å². The third kappa shape index (κ3) is 2.36. The lowest BCUT2D eigenvalue weighted by molar-refractivity contribution is -0.519. The van der Waals surface area contributed by atoms with Gasteiger partial charge in [0.25, 0.3) is 0 Å². The Balaban J connectivity index is 2.00. The second-order valence-electron chi connectivity index (χ2n) is 5.99. The Morgan fingerprint density at radius 2 is 1.92 bits per heavy atom. The summed E-state index contributed by atoms with van der Waals surface area (Å²) in [5.41, 5.74) is 3.22. The van der Waals surface area contributed by atoms with Crippen LogP contribution in [0.5, 0.6) is 0 Å². The molecule has 4 rings (SSSR count). The van der Waals surface area contributed by atoms with Crippen LogP contribution in [-0.2, 0) is 7.05 Å². The lowest BCUT2D eigenvalue weighted by Gasteiger charge is -2.27. The monoisotopic (exact) mass is 402 g/mol. The van der Waals surface area contributed by atoms with Crippen molar-refractivity contribution in [3.05, 3.63) is 74.2 Å². The minimum Gasteiger partial charge on any atom is -0.339 e. The second kappa shape index (κ2) is 5.93. The maximum Gasteiger partial charge on any atom is 0.233 e. The van der Waals surface area contributed by atoms with E-state index in [2.05, 4.69) is 32.6 Å². The summed E-state index contributed by atoms with van der Waals surface area (Å²) in [5.74, 6) is 0.265. The van der Waals surface area contributed by atoms with Crippen LogP contribution in [0.3, 0.4) is 0 Å². The fraction of sp³-hybridized carbons (Fsp3) is 0.222. The van der Waals surface area contributed by atoms with E-state index >= 15 is 0 Å². The van der Waals surface area contributed by atoms with Gasteiger partial charge in [-0.2, -0.15) is 0 Å². The van der Waals surface area contributed by atoms with Crippen LogP contribution in [-0.4, -0.2) is 21.3 Å². The van der Waals surface area contributed by atoms with Gasteiger partial charge in [-0.15, -0.1) is 11.8 Å². The van der Waals surface area contributed by atoms with Crippen LogP contribution < -0.4 is 0 Å². The molecule has 0 spiro atoms. The van der Waals surface area contributed by atoms with Crippen LogP contribution >= 0.6 is 27.7 Å². The Hall–Kier alpha value is -1.79. The predicted octanol–water partition coefficient (Wildman–Crippen LogP) is 4.82. The van der Waals surface area contributed by atoms with E-state index in [0.717, 1.165) is 31.5 Å². The van der Waals surface area contributed by atoms with Gasteiger partial charge < -0.3 is 4.57 Å². The van der Waals surface area contributed by atoms with Crippen molar-refractivity contribution in [1.29, 1.82) is 0 Å². The summed E-state index contributed by atoms with van der Waals surface area (Å²) in [6.45, 7) is 0. The zero-order valence-corrected chi connectivity index (χ0v) is 15.4. The van der Waals surface area contributed by atoms with Gasteiger partial charge in [0.15, 0.2) is 0 Å². The van der Waals surface area contributed by atoms with Crippen molar-refractivity contribution in [2.75, 3.05) is 5.75 Å². The van der Waals surface area contributed by atoms with Crippen molar-refractivity contribution in [3.8, 4) is 0 Å². The van der Waals surface area contributed by atoms with Gasteiger partial charge in [-0.3, -0.25) is 10.1 Å². The van der Waals surface area contributed by atoms with Crippen molar-refractivity contribution in [2.45, 2.75) is 17.0 Å². The largest absolute Gasteiger partial charge is 0.339 e. The molecule has 2 heterocycles. The average molecular weight is 403 g/mol. The summed E-state index contributed by atoms with van der Waals surface area (Å²) in [5, 5.41) is 14.0. The van der Waals surface area contributed by atoms with Crippen molar-refractivity contribution < 1.29 is 4.92 Å². The third-order valence-electron chi connectivity index (χ3n) is 4.68. The van der Waals surface area contributed by atoms with Gasteiger partial charge >= 0.3 is 0 Å². The molecule has 1 aliphatic heterocycles. The minimum atomic E-state index is -0.616. The molecule has 1 aliphatic rings. The van der Waals surface area contributed by atoms with E-state index in [0.29, 0.717) is 5.75 Å². The molecule has 122 valence electrons. The van der Waals surface area contributed by atoms with Crippen LogP contribution in [0.1, 0.15) is 17.0 Å². The number of nitro groups is 1. The number of benzene rings is 2. The topological polar surface area (TPSA) is 48.1 Å². The van der Waals surface area contributed by atoms with Gasteiger partial charge in [0, 0.05) is 32.9 Å². The van der Waals surface area contributed by atoms with Gasteiger partial charge in [0.05, 0.1) is 16.7 Å². The van der Waals surface area contributed by atoms with Crippen molar-refractivity contribution in [3.63, 3.8) is 0 Å². The normalized spacial score (nSPS) is 20.1. The summed E-state index contributed by atoms with van der Waals surface area (Å²) in [4.78, 5) is 11.6. The van der Waals surface area contributed by atoms with E-state index in [1.54, 1.807) is 11.8 Å². The van der Waals surface area contributed by atoms with E-state index in [4.69, 9.17) is 0 Å². The molecule has 0 N–H and O–H groups in total. The Kier molecular flexibility index (Phi) is 3.89. The number of hydrogen-bond acceptors (Lipinski definition) is 3. The summed E-state index contributed by atoms with van der Waals surface area (Å²) in [6, 6.07) is 15.4. The van der Waals surface area contributed by atoms with Crippen LogP contribution in [0.2, 0.25) is 0 Å². The number of halogens is 1. The smallest absolute Gasteiger partial charge is 0.233 e. The molecule has 0 saturated heterocycles.